The Balaban J connectivity index is 1.77. The molecular weight excluding hydrogens is 375 g/mol. The number of nitro groups is 1. The van der Waals surface area contributed by atoms with E-state index in [1.54, 1.807) is 25.1 Å². The number of amides is 1. The van der Waals surface area contributed by atoms with Crippen molar-refractivity contribution in [2.24, 2.45) is 0 Å². The quantitative estimate of drug-likeness (QED) is 0.524. The van der Waals surface area contributed by atoms with Gasteiger partial charge in [0.25, 0.3) is 11.6 Å². The van der Waals surface area contributed by atoms with Crippen LogP contribution >= 0.6 is 11.6 Å². The molecule has 0 unspecified atom stereocenters. The summed E-state index contributed by atoms with van der Waals surface area (Å²) < 4.78 is 15.2. The third kappa shape index (κ3) is 4.12. The smallest absolute Gasteiger partial charge is 0.272 e. The van der Waals surface area contributed by atoms with Gasteiger partial charge in [0, 0.05) is 29.0 Å². The Labute approximate surface area is 158 Å². The predicted molar refractivity (Wildman–Crippen MR) is 98.5 cm³/mol. The molecule has 0 spiro atoms. The Morgan fingerprint density at radius 3 is 2.74 bits per heavy atom. The molecule has 1 aromatic heterocycles. The van der Waals surface area contributed by atoms with Gasteiger partial charge < -0.3 is 5.32 Å². The van der Waals surface area contributed by atoms with Crippen LogP contribution in [0, 0.1) is 22.9 Å². The fourth-order valence-electron chi connectivity index (χ4n) is 2.55. The highest BCUT2D eigenvalue weighted by atomic mass is 35.5. The molecule has 0 aliphatic rings. The second-order valence-corrected chi connectivity index (χ2v) is 6.23. The number of hydrogen-bond acceptors (Lipinski definition) is 4. The van der Waals surface area contributed by atoms with Gasteiger partial charge in [0.05, 0.1) is 11.5 Å². The SMILES string of the molecule is Cc1cc(C(=O)Nc2nn(Cc3ccccc3F)cc2Cl)ccc1[N+](=O)[O-]. The first-order chi connectivity index (χ1) is 12.8. The first-order valence-electron chi connectivity index (χ1n) is 7.88. The molecule has 7 nitrogen and oxygen atoms in total. The third-order valence-corrected chi connectivity index (χ3v) is 4.17. The summed E-state index contributed by atoms with van der Waals surface area (Å²) in [6, 6.07) is 10.3. The molecular formula is C18H14ClFN4O3. The molecule has 0 saturated heterocycles. The fourth-order valence-corrected chi connectivity index (χ4v) is 2.74. The third-order valence-electron chi connectivity index (χ3n) is 3.89. The molecule has 0 radical (unpaired) electrons. The first-order valence-corrected chi connectivity index (χ1v) is 8.25. The zero-order valence-corrected chi connectivity index (χ0v) is 14.9. The van der Waals surface area contributed by atoms with E-state index >= 15 is 0 Å². The zero-order chi connectivity index (χ0) is 19.6. The highest BCUT2D eigenvalue weighted by molar-refractivity contribution is 6.33. The van der Waals surface area contributed by atoms with E-state index in [0.29, 0.717) is 11.1 Å². The van der Waals surface area contributed by atoms with Crippen molar-refractivity contribution in [1.82, 2.24) is 9.78 Å². The molecule has 2 aromatic carbocycles. The Morgan fingerprint density at radius 2 is 2.07 bits per heavy atom. The number of carbonyl (C=O) groups excluding carboxylic acids is 1. The van der Waals surface area contributed by atoms with Gasteiger partial charge >= 0.3 is 0 Å². The Morgan fingerprint density at radius 1 is 1.33 bits per heavy atom. The number of benzene rings is 2. The lowest BCUT2D eigenvalue weighted by atomic mass is 10.1. The Kier molecular flexibility index (Phi) is 5.18. The molecule has 138 valence electrons. The van der Waals surface area contributed by atoms with Crippen LogP contribution in [0.2, 0.25) is 5.02 Å². The van der Waals surface area contributed by atoms with E-state index in [-0.39, 0.29) is 34.5 Å². The molecule has 0 aliphatic carbocycles. The van der Waals surface area contributed by atoms with Gasteiger partial charge in [-0.05, 0) is 25.1 Å². The van der Waals surface area contributed by atoms with Crippen molar-refractivity contribution in [3.63, 3.8) is 0 Å². The standard InChI is InChI=1S/C18H14ClFN4O3/c1-11-8-12(6-7-16(11)24(26)27)18(25)21-17-14(19)10-23(22-17)9-13-4-2-3-5-15(13)20/h2-8,10H,9H2,1H3,(H,21,22,25). The number of rotatable bonds is 5. The van der Waals surface area contributed by atoms with E-state index in [1.165, 1.54) is 35.1 Å². The Bertz CT molecular complexity index is 1040. The van der Waals surface area contributed by atoms with Gasteiger partial charge in [-0.1, -0.05) is 29.8 Å². The lowest BCUT2D eigenvalue weighted by molar-refractivity contribution is -0.385. The van der Waals surface area contributed by atoms with Crippen molar-refractivity contribution in [2.45, 2.75) is 13.5 Å². The number of anilines is 1. The van der Waals surface area contributed by atoms with Gasteiger partial charge in [-0.3, -0.25) is 19.6 Å². The van der Waals surface area contributed by atoms with Gasteiger partial charge in [0.1, 0.15) is 10.8 Å². The maximum Gasteiger partial charge on any atom is 0.272 e. The predicted octanol–water partition coefficient (Wildman–Crippen LogP) is 4.19. The second kappa shape index (κ2) is 7.55. The van der Waals surface area contributed by atoms with Crippen molar-refractivity contribution >= 4 is 29.0 Å². The summed E-state index contributed by atoms with van der Waals surface area (Å²) >= 11 is 6.10. The molecule has 1 heterocycles. The summed E-state index contributed by atoms with van der Waals surface area (Å²) in [4.78, 5) is 22.7. The number of nitrogens with zero attached hydrogens (tertiary/aromatic N) is 3. The number of nitrogens with one attached hydrogen (secondary N) is 1. The number of nitro benzene ring substituents is 1. The number of aromatic nitrogens is 2. The van der Waals surface area contributed by atoms with Gasteiger partial charge in [-0.25, -0.2) is 4.39 Å². The van der Waals surface area contributed by atoms with E-state index < -0.39 is 10.8 Å². The van der Waals surface area contributed by atoms with Crippen LogP contribution in [0.15, 0.2) is 48.7 Å². The average Bonchev–Trinajstić information content (AvgIpc) is 2.95. The van der Waals surface area contributed by atoms with Crippen LogP contribution in [-0.4, -0.2) is 20.6 Å². The van der Waals surface area contributed by atoms with Gasteiger partial charge in [-0.15, -0.1) is 0 Å². The zero-order valence-electron chi connectivity index (χ0n) is 14.1. The van der Waals surface area contributed by atoms with Crippen molar-refractivity contribution < 1.29 is 14.1 Å². The maximum atomic E-state index is 13.7. The van der Waals surface area contributed by atoms with Gasteiger partial charge in [-0.2, -0.15) is 5.10 Å². The van der Waals surface area contributed by atoms with Crippen LogP contribution in [-0.2, 0) is 6.54 Å². The van der Waals surface area contributed by atoms with E-state index in [9.17, 15) is 19.3 Å². The fraction of sp³-hybridized carbons (Fsp3) is 0.111. The minimum Gasteiger partial charge on any atom is -0.304 e. The highest BCUT2D eigenvalue weighted by Crippen LogP contribution is 2.23. The van der Waals surface area contributed by atoms with Crippen LogP contribution in [0.1, 0.15) is 21.5 Å². The molecule has 3 aromatic rings. The average molecular weight is 389 g/mol. The van der Waals surface area contributed by atoms with Crippen LogP contribution in [0.4, 0.5) is 15.9 Å². The van der Waals surface area contributed by atoms with Crippen molar-refractivity contribution in [1.29, 1.82) is 0 Å². The molecule has 0 atom stereocenters. The lowest BCUT2D eigenvalue weighted by Crippen LogP contribution is -2.13. The molecule has 3 rings (SSSR count). The monoisotopic (exact) mass is 388 g/mol. The van der Waals surface area contributed by atoms with Crippen LogP contribution in [0.5, 0.6) is 0 Å². The number of hydrogen-bond donors (Lipinski definition) is 1. The molecule has 1 amide bonds. The molecule has 0 aliphatic heterocycles. The minimum absolute atomic E-state index is 0.0706. The first kappa shape index (κ1) is 18.5. The summed E-state index contributed by atoms with van der Waals surface area (Å²) in [5.41, 5.74) is 0.959. The van der Waals surface area contributed by atoms with E-state index in [4.69, 9.17) is 11.6 Å². The van der Waals surface area contributed by atoms with E-state index in [0.717, 1.165) is 0 Å². The van der Waals surface area contributed by atoms with Crippen molar-refractivity contribution in [3.8, 4) is 0 Å². The van der Waals surface area contributed by atoms with Gasteiger partial charge in [0.15, 0.2) is 5.82 Å². The topological polar surface area (TPSA) is 90.1 Å². The second-order valence-electron chi connectivity index (χ2n) is 5.83. The van der Waals surface area contributed by atoms with Gasteiger partial charge in [0.2, 0.25) is 0 Å². The normalized spacial score (nSPS) is 10.6. The summed E-state index contributed by atoms with van der Waals surface area (Å²) in [6.07, 6.45) is 1.48. The number of carbonyl (C=O) groups is 1. The highest BCUT2D eigenvalue weighted by Gasteiger charge is 2.16. The van der Waals surface area contributed by atoms with Crippen LogP contribution in [0.25, 0.3) is 0 Å². The Hall–Kier alpha value is -3.26. The largest absolute Gasteiger partial charge is 0.304 e. The summed E-state index contributed by atoms with van der Waals surface area (Å²) in [6.45, 7) is 1.70. The van der Waals surface area contributed by atoms with Crippen molar-refractivity contribution in [2.75, 3.05) is 5.32 Å². The molecule has 9 heteroatoms. The minimum atomic E-state index is -0.516. The van der Waals surface area contributed by atoms with Crippen LogP contribution < -0.4 is 5.32 Å². The maximum absolute atomic E-state index is 13.7. The summed E-state index contributed by atoms with van der Waals surface area (Å²) in [5, 5.41) is 17.8. The molecule has 0 bridgehead atoms. The number of aryl methyl sites for hydroxylation is 1. The molecule has 1 N–H and O–H groups in total. The number of halogens is 2. The van der Waals surface area contributed by atoms with Crippen LogP contribution in [0.3, 0.4) is 0 Å². The lowest BCUT2D eigenvalue weighted by Gasteiger charge is -2.05. The van der Waals surface area contributed by atoms with E-state index in [2.05, 4.69) is 10.4 Å². The van der Waals surface area contributed by atoms with E-state index in [1.807, 2.05) is 0 Å². The molecule has 27 heavy (non-hydrogen) atoms. The summed E-state index contributed by atoms with van der Waals surface area (Å²) in [7, 11) is 0. The molecule has 0 saturated carbocycles. The summed E-state index contributed by atoms with van der Waals surface area (Å²) in [5.74, 6) is -0.754. The molecule has 0 fully saturated rings. The van der Waals surface area contributed by atoms with Crippen molar-refractivity contribution in [3.05, 3.63) is 86.3 Å².